The van der Waals surface area contributed by atoms with Gasteiger partial charge in [0.1, 0.15) is 0 Å². The quantitative estimate of drug-likeness (QED) is 0.682. The van der Waals surface area contributed by atoms with Crippen LogP contribution in [0.2, 0.25) is 5.02 Å². The fraction of sp³-hybridized carbons (Fsp3) is 0.222. The number of phenolic OH excluding ortho intramolecular Hbond substituents is 1. The topological polar surface area (TPSA) is 49.3 Å². The molecule has 0 heterocycles. The van der Waals surface area contributed by atoms with Crippen LogP contribution < -0.4 is 5.32 Å². The number of phenols is 1. The molecule has 13 heavy (non-hydrogen) atoms. The molecule has 0 saturated heterocycles. The van der Waals surface area contributed by atoms with Crippen LogP contribution in [-0.4, -0.2) is 11.0 Å². The lowest BCUT2D eigenvalue weighted by atomic mass is 10.2. The highest BCUT2D eigenvalue weighted by Gasteiger charge is 2.07. The number of anilines is 1. The molecule has 0 unspecified atom stereocenters. The summed E-state index contributed by atoms with van der Waals surface area (Å²) in [6.07, 6.45) is 0. The maximum Gasteiger partial charge on any atom is 0.221 e. The van der Waals surface area contributed by atoms with Gasteiger partial charge in [0.15, 0.2) is 5.75 Å². The lowest BCUT2D eigenvalue weighted by Gasteiger charge is -2.07. The molecule has 1 aromatic rings. The third-order valence-corrected chi connectivity index (χ3v) is 1.81. The van der Waals surface area contributed by atoms with E-state index >= 15 is 0 Å². The van der Waals surface area contributed by atoms with Crippen molar-refractivity contribution in [3.63, 3.8) is 0 Å². The molecular weight excluding hydrogens is 190 g/mol. The van der Waals surface area contributed by atoms with Crippen LogP contribution in [0.1, 0.15) is 12.5 Å². The van der Waals surface area contributed by atoms with E-state index in [0.29, 0.717) is 5.69 Å². The number of amides is 1. The Morgan fingerprint density at radius 3 is 2.69 bits per heavy atom. The van der Waals surface area contributed by atoms with Crippen molar-refractivity contribution in [3.05, 3.63) is 22.7 Å². The molecule has 0 radical (unpaired) electrons. The lowest BCUT2D eigenvalue weighted by Crippen LogP contribution is -2.06. The second kappa shape index (κ2) is 3.66. The van der Waals surface area contributed by atoms with Gasteiger partial charge in [-0.2, -0.15) is 0 Å². The molecule has 1 amide bonds. The predicted molar refractivity (Wildman–Crippen MR) is 52.2 cm³/mol. The first kappa shape index (κ1) is 9.86. The number of halogens is 1. The monoisotopic (exact) mass is 199 g/mol. The largest absolute Gasteiger partial charge is 0.504 e. The molecule has 0 atom stereocenters. The zero-order valence-electron chi connectivity index (χ0n) is 7.39. The molecule has 0 bridgehead atoms. The molecule has 0 aliphatic rings. The van der Waals surface area contributed by atoms with Gasteiger partial charge in [0.05, 0.1) is 10.7 Å². The second-order valence-electron chi connectivity index (χ2n) is 2.82. The van der Waals surface area contributed by atoms with Crippen LogP contribution in [0, 0.1) is 6.92 Å². The van der Waals surface area contributed by atoms with Crippen molar-refractivity contribution in [2.45, 2.75) is 13.8 Å². The minimum absolute atomic E-state index is 0.0949. The molecule has 0 aliphatic heterocycles. The van der Waals surface area contributed by atoms with E-state index in [1.165, 1.54) is 6.92 Å². The van der Waals surface area contributed by atoms with E-state index in [9.17, 15) is 9.90 Å². The fourth-order valence-corrected chi connectivity index (χ4v) is 1.29. The molecular formula is C9H10ClNO2. The smallest absolute Gasteiger partial charge is 0.221 e. The Morgan fingerprint density at radius 2 is 2.15 bits per heavy atom. The highest BCUT2D eigenvalue weighted by atomic mass is 35.5. The summed E-state index contributed by atoms with van der Waals surface area (Å²) in [6.45, 7) is 3.20. The summed E-state index contributed by atoms with van der Waals surface area (Å²) in [6, 6.07) is 3.28. The van der Waals surface area contributed by atoms with Crippen LogP contribution in [0.25, 0.3) is 0 Å². The van der Waals surface area contributed by atoms with Crippen molar-refractivity contribution in [2.75, 3.05) is 5.32 Å². The van der Waals surface area contributed by atoms with Gasteiger partial charge in [0.2, 0.25) is 5.91 Å². The van der Waals surface area contributed by atoms with E-state index in [4.69, 9.17) is 11.6 Å². The van der Waals surface area contributed by atoms with Crippen LogP contribution in [0.5, 0.6) is 5.75 Å². The fourth-order valence-electron chi connectivity index (χ4n) is 1.02. The van der Waals surface area contributed by atoms with Gasteiger partial charge in [-0.05, 0) is 24.6 Å². The Hall–Kier alpha value is -1.22. The van der Waals surface area contributed by atoms with E-state index in [1.54, 1.807) is 12.1 Å². The lowest BCUT2D eigenvalue weighted by molar-refractivity contribution is -0.114. The van der Waals surface area contributed by atoms with Crippen LogP contribution in [-0.2, 0) is 4.79 Å². The summed E-state index contributed by atoms with van der Waals surface area (Å²) in [5.74, 6) is -0.334. The zero-order chi connectivity index (χ0) is 10.0. The number of nitrogens with one attached hydrogen (secondary N) is 1. The summed E-state index contributed by atoms with van der Waals surface area (Å²) in [5.41, 5.74) is 1.23. The molecule has 1 aromatic carbocycles. The van der Waals surface area contributed by atoms with Crippen molar-refractivity contribution in [1.82, 2.24) is 0 Å². The van der Waals surface area contributed by atoms with Crippen molar-refractivity contribution < 1.29 is 9.90 Å². The van der Waals surface area contributed by atoms with Crippen molar-refractivity contribution in [2.24, 2.45) is 0 Å². The molecule has 0 spiro atoms. The Kier molecular flexibility index (Phi) is 2.78. The predicted octanol–water partition coefficient (Wildman–Crippen LogP) is 2.31. The van der Waals surface area contributed by atoms with E-state index in [-0.39, 0.29) is 16.7 Å². The minimum atomic E-state index is -0.239. The average Bonchev–Trinajstić information content (AvgIpc) is 1.98. The van der Waals surface area contributed by atoms with Crippen LogP contribution in [0.15, 0.2) is 12.1 Å². The molecule has 70 valence electrons. The zero-order valence-corrected chi connectivity index (χ0v) is 8.14. The van der Waals surface area contributed by atoms with Gasteiger partial charge in [-0.25, -0.2) is 0 Å². The molecule has 1 rings (SSSR count). The van der Waals surface area contributed by atoms with Crippen molar-refractivity contribution in [3.8, 4) is 5.75 Å². The van der Waals surface area contributed by atoms with E-state index in [2.05, 4.69) is 5.32 Å². The highest BCUT2D eigenvalue weighted by molar-refractivity contribution is 6.32. The van der Waals surface area contributed by atoms with Gasteiger partial charge in [-0.3, -0.25) is 4.79 Å². The minimum Gasteiger partial charge on any atom is -0.504 e. The Bertz CT molecular complexity index is 350. The molecule has 2 N–H and O–H groups in total. The van der Waals surface area contributed by atoms with Gasteiger partial charge in [-0.1, -0.05) is 11.6 Å². The Balaban J connectivity index is 3.12. The number of carbonyl (C=O) groups is 1. The maximum absolute atomic E-state index is 10.7. The van der Waals surface area contributed by atoms with Crippen molar-refractivity contribution in [1.29, 1.82) is 0 Å². The first-order valence-corrected chi connectivity index (χ1v) is 4.15. The summed E-state index contributed by atoms with van der Waals surface area (Å²) < 4.78 is 0. The number of aryl methyl sites for hydroxylation is 1. The van der Waals surface area contributed by atoms with Gasteiger partial charge in [0.25, 0.3) is 0 Å². The molecule has 0 aliphatic carbocycles. The third-order valence-electron chi connectivity index (χ3n) is 1.52. The number of hydrogen-bond acceptors (Lipinski definition) is 2. The van der Waals surface area contributed by atoms with Crippen LogP contribution >= 0.6 is 11.6 Å². The van der Waals surface area contributed by atoms with E-state index in [0.717, 1.165) is 5.56 Å². The normalized spacial score (nSPS) is 9.77. The highest BCUT2D eigenvalue weighted by Crippen LogP contribution is 2.32. The number of carbonyl (C=O) groups excluding carboxylic acids is 1. The maximum atomic E-state index is 10.7. The Morgan fingerprint density at radius 1 is 1.54 bits per heavy atom. The molecule has 3 nitrogen and oxygen atoms in total. The van der Waals surface area contributed by atoms with E-state index in [1.807, 2.05) is 6.92 Å². The SMILES string of the molecule is CC(=O)Nc1cc(C)cc(Cl)c1O. The number of benzene rings is 1. The number of hydrogen-bond donors (Lipinski definition) is 2. The molecule has 0 saturated carbocycles. The van der Waals surface area contributed by atoms with Crippen molar-refractivity contribution >= 4 is 23.2 Å². The first-order valence-electron chi connectivity index (χ1n) is 3.77. The Labute approximate surface area is 81.3 Å². The van der Waals surface area contributed by atoms with Gasteiger partial charge in [0, 0.05) is 6.92 Å². The molecule has 0 fully saturated rings. The number of rotatable bonds is 1. The van der Waals surface area contributed by atoms with Gasteiger partial charge in [-0.15, -0.1) is 0 Å². The molecule has 0 aromatic heterocycles. The van der Waals surface area contributed by atoms with Gasteiger partial charge < -0.3 is 10.4 Å². The van der Waals surface area contributed by atoms with E-state index < -0.39 is 0 Å². The summed E-state index contributed by atoms with van der Waals surface area (Å²) in [7, 11) is 0. The standard InChI is InChI=1S/C9H10ClNO2/c1-5-3-7(10)9(13)8(4-5)11-6(2)12/h3-4,13H,1-2H3,(H,11,12). The first-order chi connectivity index (χ1) is 6.00. The second-order valence-corrected chi connectivity index (χ2v) is 3.23. The van der Waals surface area contributed by atoms with Crippen LogP contribution in [0.3, 0.4) is 0 Å². The summed E-state index contributed by atoms with van der Waals surface area (Å²) >= 11 is 5.70. The molecule has 4 heteroatoms. The summed E-state index contributed by atoms with van der Waals surface area (Å²) in [5, 5.41) is 12.1. The third kappa shape index (κ3) is 2.36. The summed E-state index contributed by atoms with van der Waals surface area (Å²) in [4.78, 5) is 10.7. The average molecular weight is 200 g/mol. The van der Waals surface area contributed by atoms with Crippen LogP contribution in [0.4, 0.5) is 5.69 Å². The number of aromatic hydroxyl groups is 1. The van der Waals surface area contributed by atoms with Gasteiger partial charge >= 0.3 is 0 Å².